The van der Waals surface area contributed by atoms with Crippen LogP contribution in [0, 0.1) is 19.8 Å². The van der Waals surface area contributed by atoms with Gasteiger partial charge < -0.3 is 19.3 Å². The predicted octanol–water partition coefficient (Wildman–Crippen LogP) is 2.85. The number of nitrogens with zero attached hydrogens (tertiary/aromatic N) is 5. The van der Waals surface area contributed by atoms with Gasteiger partial charge >= 0.3 is 6.09 Å². The largest absolute Gasteiger partial charge is 0.479 e. The second-order valence-electron chi connectivity index (χ2n) is 8.82. The average Bonchev–Trinajstić information content (AvgIpc) is 2.92. The van der Waals surface area contributed by atoms with Gasteiger partial charge in [0.1, 0.15) is 0 Å². The van der Waals surface area contributed by atoms with Gasteiger partial charge in [-0.25, -0.2) is 14.5 Å². The van der Waals surface area contributed by atoms with Crippen molar-refractivity contribution in [2.75, 3.05) is 39.9 Å². The van der Waals surface area contributed by atoms with Gasteiger partial charge in [0.15, 0.2) is 5.65 Å². The molecule has 0 atom stereocenters. The minimum absolute atomic E-state index is 0.0967. The van der Waals surface area contributed by atoms with Gasteiger partial charge in [0.05, 0.1) is 19.1 Å². The molecule has 2 aromatic rings. The van der Waals surface area contributed by atoms with Crippen LogP contribution in [0.1, 0.15) is 43.5 Å². The third kappa shape index (κ3) is 5.14. The number of hydrogen-bond acceptors (Lipinski definition) is 6. The Morgan fingerprint density at radius 1 is 1.09 bits per heavy atom. The molecule has 2 amide bonds. The van der Waals surface area contributed by atoms with Crippen molar-refractivity contribution in [3.8, 4) is 5.88 Å². The number of ether oxygens (including phenoxy) is 2. The van der Waals surface area contributed by atoms with Crippen molar-refractivity contribution in [2.24, 2.45) is 13.0 Å². The van der Waals surface area contributed by atoms with Crippen LogP contribution in [0.25, 0.3) is 11.0 Å². The highest BCUT2D eigenvalue weighted by Crippen LogP contribution is 2.30. The Balaban J connectivity index is 1.63. The van der Waals surface area contributed by atoms with Crippen LogP contribution < -0.4 is 4.74 Å². The Bertz CT molecular complexity index is 985. The second kappa shape index (κ2) is 10.2. The standard InChI is InChI=1S/C23H35N5O4/c1-15(2)14-32-23(30)28-11-7-10-27(12-13-28)19(29)9-8-18-16(3)20-21(24-17(18)4)26(5)25-22(20)31-6/h15H,7-14H2,1-6H3. The number of hydrogen-bond donors (Lipinski definition) is 0. The first-order chi connectivity index (χ1) is 15.2. The molecule has 0 aromatic carbocycles. The Kier molecular flexibility index (Phi) is 7.58. The number of methoxy groups -OCH3 is 1. The molecule has 0 radical (unpaired) electrons. The van der Waals surface area contributed by atoms with E-state index in [9.17, 15) is 9.59 Å². The molecule has 0 saturated carbocycles. The minimum Gasteiger partial charge on any atom is -0.479 e. The molecule has 9 nitrogen and oxygen atoms in total. The van der Waals surface area contributed by atoms with E-state index in [2.05, 4.69) is 5.10 Å². The van der Waals surface area contributed by atoms with Gasteiger partial charge in [-0.1, -0.05) is 13.8 Å². The van der Waals surface area contributed by atoms with Crippen molar-refractivity contribution in [3.05, 3.63) is 16.8 Å². The number of carbonyl (C=O) groups excluding carboxylic acids is 2. The highest BCUT2D eigenvalue weighted by molar-refractivity contribution is 5.86. The second-order valence-corrected chi connectivity index (χ2v) is 8.82. The molecule has 0 bridgehead atoms. The lowest BCUT2D eigenvalue weighted by molar-refractivity contribution is -0.131. The maximum atomic E-state index is 13.0. The number of aromatic nitrogens is 3. The molecule has 0 unspecified atom stereocenters. The number of pyridine rings is 1. The van der Waals surface area contributed by atoms with Crippen LogP contribution in [0.2, 0.25) is 0 Å². The van der Waals surface area contributed by atoms with Gasteiger partial charge in [-0.15, -0.1) is 5.10 Å². The topological polar surface area (TPSA) is 89.8 Å². The minimum atomic E-state index is -0.288. The molecule has 32 heavy (non-hydrogen) atoms. The van der Waals surface area contributed by atoms with E-state index in [0.717, 1.165) is 34.3 Å². The average molecular weight is 446 g/mol. The van der Waals surface area contributed by atoms with Crippen LogP contribution in [-0.4, -0.2) is 76.5 Å². The molecule has 176 valence electrons. The molecular formula is C23H35N5O4. The molecule has 3 heterocycles. The van der Waals surface area contributed by atoms with E-state index in [1.807, 2.05) is 39.6 Å². The zero-order chi connectivity index (χ0) is 23.4. The van der Waals surface area contributed by atoms with Gasteiger partial charge in [-0.3, -0.25) is 4.79 Å². The van der Waals surface area contributed by atoms with Crippen LogP contribution in [0.4, 0.5) is 4.79 Å². The van der Waals surface area contributed by atoms with E-state index in [0.29, 0.717) is 57.4 Å². The van der Waals surface area contributed by atoms with Crippen molar-refractivity contribution in [3.63, 3.8) is 0 Å². The van der Waals surface area contributed by atoms with Crippen molar-refractivity contribution in [1.29, 1.82) is 0 Å². The van der Waals surface area contributed by atoms with E-state index >= 15 is 0 Å². The summed E-state index contributed by atoms with van der Waals surface area (Å²) in [5, 5.41) is 5.29. The number of fused-ring (bicyclic) bond motifs is 1. The third-order valence-electron chi connectivity index (χ3n) is 5.95. The zero-order valence-corrected chi connectivity index (χ0v) is 20.1. The summed E-state index contributed by atoms with van der Waals surface area (Å²) in [5.41, 5.74) is 3.80. The summed E-state index contributed by atoms with van der Waals surface area (Å²) in [6.45, 7) is 10.7. The molecule has 1 saturated heterocycles. The fraction of sp³-hybridized carbons (Fsp3) is 0.652. The molecule has 9 heteroatoms. The maximum Gasteiger partial charge on any atom is 0.409 e. The lowest BCUT2D eigenvalue weighted by atomic mass is 10.00. The summed E-state index contributed by atoms with van der Waals surface area (Å²) in [5.74, 6) is 0.952. The lowest BCUT2D eigenvalue weighted by Gasteiger charge is -2.22. The van der Waals surface area contributed by atoms with Crippen LogP contribution in [0.3, 0.4) is 0 Å². The molecule has 1 fully saturated rings. The van der Waals surface area contributed by atoms with Crippen LogP contribution in [0.15, 0.2) is 0 Å². The first-order valence-electron chi connectivity index (χ1n) is 11.3. The number of amides is 2. The Hall–Kier alpha value is -2.84. The fourth-order valence-corrected chi connectivity index (χ4v) is 4.18. The molecule has 0 N–H and O–H groups in total. The summed E-state index contributed by atoms with van der Waals surface area (Å²) >= 11 is 0. The Morgan fingerprint density at radius 3 is 2.47 bits per heavy atom. The van der Waals surface area contributed by atoms with E-state index in [-0.39, 0.29) is 12.0 Å². The van der Waals surface area contributed by atoms with Crippen LogP contribution in [-0.2, 0) is 23.0 Å². The highest BCUT2D eigenvalue weighted by atomic mass is 16.6. The summed E-state index contributed by atoms with van der Waals surface area (Å²) in [7, 11) is 3.45. The maximum absolute atomic E-state index is 13.0. The zero-order valence-electron chi connectivity index (χ0n) is 20.1. The molecule has 2 aromatic heterocycles. The van der Waals surface area contributed by atoms with E-state index in [1.165, 1.54) is 0 Å². The molecule has 0 spiro atoms. The van der Waals surface area contributed by atoms with Crippen molar-refractivity contribution in [2.45, 2.75) is 47.0 Å². The first kappa shape index (κ1) is 23.8. The summed E-state index contributed by atoms with van der Waals surface area (Å²) in [6, 6.07) is 0. The van der Waals surface area contributed by atoms with Gasteiger partial charge in [-0.05, 0) is 43.7 Å². The highest BCUT2D eigenvalue weighted by Gasteiger charge is 2.24. The van der Waals surface area contributed by atoms with E-state index in [4.69, 9.17) is 14.5 Å². The molecule has 3 rings (SSSR count). The van der Waals surface area contributed by atoms with Gasteiger partial charge in [0.25, 0.3) is 0 Å². The number of aryl methyl sites for hydroxylation is 3. The van der Waals surface area contributed by atoms with Gasteiger partial charge in [0, 0.05) is 45.3 Å². The van der Waals surface area contributed by atoms with Gasteiger partial charge in [-0.2, -0.15) is 0 Å². The third-order valence-corrected chi connectivity index (χ3v) is 5.95. The summed E-state index contributed by atoms with van der Waals surface area (Å²) in [6.07, 6.45) is 1.47. The predicted molar refractivity (Wildman–Crippen MR) is 122 cm³/mol. The Morgan fingerprint density at radius 2 is 1.78 bits per heavy atom. The quantitative estimate of drug-likeness (QED) is 0.679. The first-order valence-corrected chi connectivity index (χ1v) is 11.3. The number of rotatable bonds is 6. The SMILES string of the molecule is COc1nn(C)c2nc(C)c(CCC(=O)N3CCCN(C(=O)OCC(C)C)CC3)c(C)c12. The normalized spacial score (nSPS) is 14.7. The summed E-state index contributed by atoms with van der Waals surface area (Å²) in [4.78, 5) is 33.5. The lowest BCUT2D eigenvalue weighted by Crippen LogP contribution is -2.38. The van der Waals surface area contributed by atoms with Crippen molar-refractivity contribution in [1.82, 2.24) is 24.6 Å². The van der Waals surface area contributed by atoms with Crippen LogP contribution >= 0.6 is 0 Å². The van der Waals surface area contributed by atoms with Crippen LogP contribution in [0.5, 0.6) is 5.88 Å². The molecular weight excluding hydrogens is 410 g/mol. The smallest absolute Gasteiger partial charge is 0.409 e. The molecule has 0 aliphatic carbocycles. The molecule has 1 aliphatic heterocycles. The monoisotopic (exact) mass is 445 g/mol. The van der Waals surface area contributed by atoms with Crippen molar-refractivity contribution < 1.29 is 19.1 Å². The summed E-state index contributed by atoms with van der Waals surface area (Å²) < 4.78 is 12.5. The molecule has 1 aliphatic rings. The Labute approximate surface area is 189 Å². The van der Waals surface area contributed by atoms with Crippen molar-refractivity contribution >= 4 is 23.0 Å². The van der Waals surface area contributed by atoms with E-state index < -0.39 is 0 Å². The number of carbonyl (C=O) groups is 2. The van der Waals surface area contributed by atoms with E-state index in [1.54, 1.807) is 16.7 Å². The fourth-order valence-electron chi connectivity index (χ4n) is 4.18. The van der Waals surface area contributed by atoms with Gasteiger partial charge in [0.2, 0.25) is 11.8 Å².